The van der Waals surface area contributed by atoms with Crippen molar-refractivity contribution in [2.45, 2.75) is 12.1 Å². The Morgan fingerprint density at radius 1 is 1.10 bits per heavy atom. The third-order valence-corrected chi connectivity index (χ3v) is 3.17. The molecule has 1 saturated heterocycles. The van der Waals surface area contributed by atoms with Crippen molar-refractivity contribution in [3.63, 3.8) is 0 Å². The number of nitrogens with one attached hydrogen (secondary N) is 1. The molecule has 0 aliphatic carbocycles. The minimum atomic E-state index is -1.42. The molecule has 1 amide bonds. The summed E-state index contributed by atoms with van der Waals surface area (Å²) in [4.78, 5) is 35.8. The quantitative estimate of drug-likeness (QED) is 0.697. The van der Waals surface area contributed by atoms with Crippen molar-refractivity contribution in [2.24, 2.45) is 0 Å². The van der Waals surface area contributed by atoms with Crippen LogP contribution in [0.4, 0.5) is 0 Å². The molecule has 1 fully saturated rings. The molecule has 2 rings (SSSR count). The summed E-state index contributed by atoms with van der Waals surface area (Å²) in [5, 5.41) is 20.9. The van der Waals surface area contributed by atoms with Gasteiger partial charge in [0.15, 0.2) is 6.04 Å². The monoisotopic (exact) mass is 278 g/mol. The number of carbonyl (C=O) groups is 3. The molecule has 106 valence electrons. The zero-order valence-corrected chi connectivity index (χ0v) is 10.5. The van der Waals surface area contributed by atoms with E-state index in [0.717, 1.165) is 4.90 Å². The third kappa shape index (κ3) is 2.62. The van der Waals surface area contributed by atoms with E-state index >= 15 is 0 Å². The Morgan fingerprint density at radius 2 is 1.75 bits per heavy atom. The van der Waals surface area contributed by atoms with Crippen LogP contribution in [0, 0.1) is 0 Å². The number of nitrogens with zero attached hydrogens (tertiary/aromatic N) is 1. The van der Waals surface area contributed by atoms with Gasteiger partial charge in [0, 0.05) is 18.7 Å². The molecule has 0 aromatic heterocycles. The molecule has 2 atom stereocenters. The first-order valence-corrected chi connectivity index (χ1v) is 6.07. The lowest BCUT2D eigenvalue weighted by Gasteiger charge is -2.37. The van der Waals surface area contributed by atoms with Crippen molar-refractivity contribution >= 4 is 17.8 Å². The Balaban J connectivity index is 2.31. The van der Waals surface area contributed by atoms with Crippen molar-refractivity contribution in [1.82, 2.24) is 10.2 Å². The molecule has 0 spiro atoms. The fourth-order valence-corrected chi connectivity index (χ4v) is 2.24. The molecule has 0 radical (unpaired) electrons. The molecule has 1 aliphatic rings. The van der Waals surface area contributed by atoms with Gasteiger partial charge < -0.3 is 20.4 Å². The summed E-state index contributed by atoms with van der Waals surface area (Å²) in [5.41, 5.74) is 0.338. The van der Waals surface area contributed by atoms with Gasteiger partial charge in [-0.15, -0.1) is 0 Å². The molecule has 1 aromatic rings. The highest BCUT2D eigenvalue weighted by Crippen LogP contribution is 2.15. The summed E-state index contributed by atoms with van der Waals surface area (Å²) >= 11 is 0. The number of benzene rings is 1. The van der Waals surface area contributed by atoms with E-state index in [1.165, 1.54) is 0 Å². The largest absolute Gasteiger partial charge is 0.480 e. The molecule has 3 N–H and O–H groups in total. The molecule has 1 aromatic carbocycles. The van der Waals surface area contributed by atoms with Gasteiger partial charge in [0.05, 0.1) is 0 Å². The van der Waals surface area contributed by atoms with Crippen molar-refractivity contribution < 1.29 is 24.6 Å². The molecular formula is C13H14N2O5. The van der Waals surface area contributed by atoms with Crippen LogP contribution in [0.15, 0.2) is 30.3 Å². The van der Waals surface area contributed by atoms with E-state index in [0.29, 0.717) is 5.56 Å². The molecule has 7 nitrogen and oxygen atoms in total. The van der Waals surface area contributed by atoms with Gasteiger partial charge in [-0.2, -0.15) is 0 Å². The number of carboxylic acid groups (broad SMARTS) is 2. The SMILES string of the molecule is O=C(O)C1NCCN(C(=O)c2ccccc2)C1C(=O)O. The molecule has 0 saturated carbocycles. The number of hydrogen-bond donors (Lipinski definition) is 3. The number of amides is 1. The number of carbonyl (C=O) groups excluding carboxylic acids is 1. The zero-order chi connectivity index (χ0) is 14.7. The summed E-state index contributed by atoms with van der Waals surface area (Å²) < 4.78 is 0. The molecule has 2 unspecified atom stereocenters. The average molecular weight is 278 g/mol. The summed E-state index contributed by atoms with van der Waals surface area (Å²) in [6.07, 6.45) is 0. The predicted molar refractivity (Wildman–Crippen MR) is 68.3 cm³/mol. The topological polar surface area (TPSA) is 107 Å². The Labute approximate surface area is 114 Å². The lowest BCUT2D eigenvalue weighted by atomic mass is 10.0. The maximum absolute atomic E-state index is 12.3. The van der Waals surface area contributed by atoms with Crippen LogP contribution in [0.5, 0.6) is 0 Å². The second-order valence-electron chi connectivity index (χ2n) is 4.42. The van der Waals surface area contributed by atoms with E-state index in [1.54, 1.807) is 30.3 Å². The van der Waals surface area contributed by atoms with Gasteiger partial charge in [-0.25, -0.2) is 4.79 Å². The molecule has 1 aliphatic heterocycles. The van der Waals surface area contributed by atoms with Crippen LogP contribution in [-0.2, 0) is 9.59 Å². The second kappa shape index (κ2) is 5.70. The minimum Gasteiger partial charge on any atom is -0.480 e. The molecule has 20 heavy (non-hydrogen) atoms. The van der Waals surface area contributed by atoms with Crippen LogP contribution >= 0.6 is 0 Å². The molecular weight excluding hydrogens is 264 g/mol. The maximum atomic E-state index is 12.3. The van der Waals surface area contributed by atoms with Crippen molar-refractivity contribution in [2.75, 3.05) is 13.1 Å². The lowest BCUT2D eigenvalue weighted by molar-refractivity contribution is -0.152. The van der Waals surface area contributed by atoms with Gasteiger partial charge in [0.1, 0.15) is 6.04 Å². The van der Waals surface area contributed by atoms with E-state index < -0.39 is 29.9 Å². The Bertz CT molecular complexity index is 531. The predicted octanol–water partition coefficient (Wildman–Crippen LogP) is -0.362. The normalized spacial score (nSPS) is 22.3. The van der Waals surface area contributed by atoms with Gasteiger partial charge in [-0.3, -0.25) is 9.59 Å². The fourth-order valence-electron chi connectivity index (χ4n) is 2.24. The maximum Gasteiger partial charge on any atom is 0.328 e. The first kappa shape index (κ1) is 14.0. The minimum absolute atomic E-state index is 0.147. The Hall–Kier alpha value is -2.41. The Morgan fingerprint density at radius 3 is 2.30 bits per heavy atom. The first-order valence-electron chi connectivity index (χ1n) is 6.07. The summed E-state index contributed by atoms with van der Waals surface area (Å²) in [6.45, 7) is 0.383. The average Bonchev–Trinajstić information content (AvgIpc) is 2.46. The second-order valence-corrected chi connectivity index (χ2v) is 4.42. The molecule has 7 heteroatoms. The van der Waals surface area contributed by atoms with E-state index in [4.69, 9.17) is 5.11 Å². The van der Waals surface area contributed by atoms with Crippen LogP contribution in [0.3, 0.4) is 0 Å². The van der Waals surface area contributed by atoms with Crippen LogP contribution in [-0.4, -0.2) is 58.1 Å². The van der Waals surface area contributed by atoms with Crippen molar-refractivity contribution in [3.05, 3.63) is 35.9 Å². The number of piperazine rings is 1. The van der Waals surface area contributed by atoms with Crippen LogP contribution in [0.2, 0.25) is 0 Å². The third-order valence-electron chi connectivity index (χ3n) is 3.17. The number of hydrogen-bond acceptors (Lipinski definition) is 4. The van der Waals surface area contributed by atoms with Gasteiger partial charge in [0.25, 0.3) is 5.91 Å². The van der Waals surface area contributed by atoms with Crippen molar-refractivity contribution in [1.29, 1.82) is 0 Å². The van der Waals surface area contributed by atoms with Gasteiger partial charge in [0.2, 0.25) is 0 Å². The first-order chi connectivity index (χ1) is 9.52. The van der Waals surface area contributed by atoms with Crippen LogP contribution in [0.25, 0.3) is 0 Å². The van der Waals surface area contributed by atoms with E-state index in [1.807, 2.05) is 0 Å². The molecule has 1 heterocycles. The highest BCUT2D eigenvalue weighted by Gasteiger charge is 2.43. The summed E-state index contributed by atoms with van der Waals surface area (Å²) in [7, 11) is 0. The zero-order valence-electron chi connectivity index (χ0n) is 10.5. The van der Waals surface area contributed by atoms with Crippen LogP contribution < -0.4 is 5.32 Å². The molecule has 0 bridgehead atoms. The van der Waals surface area contributed by atoms with E-state index in [-0.39, 0.29) is 13.1 Å². The Kier molecular flexibility index (Phi) is 3.99. The summed E-state index contributed by atoms with van der Waals surface area (Å²) in [6, 6.07) is 5.48. The number of carboxylic acids is 2. The van der Waals surface area contributed by atoms with Gasteiger partial charge in [-0.1, -0.05) is 18.2 Å². The fraction of sp³-hybridized carbons (Fsp3) is 0.308. The van der Waals surface area contributed by atoms with Gasteiger partial charge >= 0.3 is 11.9 Å². The smallest absolute Gasteiger partial charge is 0.328 e. The lowest BCUT2D eigenvalue weighted by Crippen LogP contribution is -2.65. The number of aliphatic carboxylic acids is 2. The van der Waals surface area contributed by atoms with Crippen LogP contribution in [0.1, 0.15) is 10.4 Å². The number of rotatable bonds is 3. The summed E-state index contributed by atoms with van der Waals surface area (Å²) in [5.74, 6) is -3.11. The van der Waals surface area contributed by atoms with Crippen molar-refractivity contribution in [3.8, 4) is 0 Å². The van der Waals surface area contributed by atoms with E-state index in [2.05, 4.69) is 5.32 Å². The van der Waals surface area contributed by atoms with E-state index in [9.17, 15) is 19.5 Å². The standard InChI is InChI=1S/C13H14N2O5/c16-11(8-4-2-1-3-5-8)15-7-6-14-9(12(17)18)10(15)13(19)20/h1-5,9-10,14H,6-7H2,(H,17,18)(H,19,20). The van der Waals surface area contributed by atoms with Gasteiger partial charge in [-0.05, 0) is 12.1 Å². The highest BCUT2D eigenvalue weighted by atomic mass is 16.4. The highest BCUT2D eigenvalue weighted by molar-refractivity contribution is 5.98.